The second-order valence-corrected chi connectivity index (χ2v) is 9.06. The van der Waals surface area contributed by atoms with Crippen LogP contribution in [0.2, 0.25) is 5.02 Å². The van der Waals surface area contributed by atoms with Gasteiger partial charge in [-0.1, -0.05) is 29.8 Å². The summed E-state index contributed by atoms with van der Waals surface area (Å²) in [7, 11) is 0. The molecular weight excluding hydrogens is 476 g/mol. The van der Waals surface area contributed by atoms with Gasteiger partial charge < -0.3 is 14.1 Å². The van der Waals surface area contributed by atoms with Crippen molar-refractivity contribution in [1.29, 1.82) is 0 Å². The van der Waals surface area contributed by atoms with Crippen molar-refractivity contribution in [3.8, 4) is 11.1 Å². The average molecular weight is 501 g/mol. The van der Waals surface area contributed by atoms with Crippen molar-refractivity contribution in [2.75, 3.05) is 26.3 Å². The Hall–Kier alpha value is -3.74. The second-order valence-electron chi connectivity index (χ2n) is 8.65. The third kappa shape index (κ3) is 5.56. The lowest BCUT2D eigenvalue weighted by molar-refractivity contribution is -0.114. The van der Waals surface area contributed by atoms with Gasteiger partial charge in [0.25, 0.3) is 5.91 Å². The largest absolute Gasteiger partial charge is 0.459 e. The summed E-state index contributed by atoms with van der Waals surface area (Å²) in [5, 5.41) is 1.38. The van der Waals surface area contributed by atoms with Crippen molar-refractivity contribution in [3.05, 3.63) is 95.0 Å². The molecule has 5 rings (SSSR count). The number of allylic oxidation sites excluding steroid dienone is 1. The molecule has 4 aromatic rings. The number of morpholine rings is 1. The number of hydrogen-bond acceptors (Lipinski definition) is 5. The van der Waals surface area contributed by atoms with Gasteiger partial charge in [-0.05, 0) is 65.2 Å². The molecule has 2 aromatic carbocycles. The van der Waals surface area contributed by atoms with E-state index in [1.165, 1.54) is 0 Å². The van der Waals surface area contributed by atoms with Crippen molar-refractivity contribution in [2.24, 2.45) is 0 Å². The van der Waals surface area contributed by atoms with Crippen LogP contribution in [-0.2, 0) is 16.0 Å². The molecule has 1 saturated heterocycles. The topological polar surface area (TPSA) is 72.6 Å². The molecule has 1 fully saturated rings. The van der Waals surface area contributed by atoms with Gasteiger partial charge in [0.05, 0.1) is 18.2 Å². The Morgan fingerprint density at radius 1 is 0.972 bits per heavy atom. The highest BCUT2D eigenvalue weighted by atomic mass is 35.5. The number of fused-ring (bicyclic) bond motifs is 1. The van der Waals surface area contributed by atoms with E-state index in [0.29, 0.717) is 61.1 Å². The summed E-state index contributed by atoms with van der Waals surface area (Å²) in [5.74, 6) is 0.745. The minimum absolute atomic E-state index is 0.0166. The van der Waals surface area contributed by atoms with Gasteiger partial charge in [0.1, 0.15) is 5.76 Å². The second kappa shape index (κ2) is 10.9. The first-order valence-electron chi connectivity index (χ1n) is 11.9. The van der Waals surface area contributed by atoms with Crippen LogP contribution < -0.4 is 0 Å². The first-order chi connectivity index (χ1) is 17.6. The zero-order chi connectivity index (χ0) is 24.9. The fraction of sp³-hybridized carbons (Fsp3) is 0.207. The summed E-state index contributed by atoms with van der Waals surface area (Å²) in [6.07, 6.45) is 7.57. The molecule has 1 aliphatic rings. The minimum atomic E-state index is 0.0166. The standard InChI is InChI=1S/C29H25ClN2O4/c30-27-19-23(21-2-4-22(5-3-21)29(34)32-13-15-35-16-14-32)17-24-18-26(36-28(24)27)8-7-25(33)6-1-20-9-11-31-12-10-20/h1-6,9-12,17-19H,7-8,13-16H2/b6-1+. The molecule has 182 valence electrons. The normalized spacial score (nSPS) is 14.0. The number of ketones is 1. The number of carbonyl (C=O) groups excluding carboxylic acids is 2. The molecule has 0 unspecified atom stereocenters. The third-order valence-corrected chi connectivity index (χ3v) is 6.45. The van der Waals surface area contributed by atoms with Crippen molar-refractivity contribution in [3.63, 3.8) is 0 Å². The van der Waals surface area contributed by atoms with Gasteiger partial charge in [-0.2, -0.15) is 0 Å². The number of amides is 1. The van der Waals surface area contributed by atoms with Crippen LogP contribution in [0.25, 0.3) is 28.2 Å². The Bertz CT molecular complexity index is 1400. The van der Waals surface area contributed by atoms with Gasteiger partial charge in [-0.15, -0.1) is 0 Å². The molecule has 3 heterocycles. The quantitative estimate of drug-likeness (QED) is 0.298. The van der Waals surface area contributed by atoms with E-state index in [2.05, 4.69) is 4.98 Å². The van der Waals surface area contributed by atoms with E-state index in [9.17, 15) is 9.59 Å². The summed E-state index contributed by atoms with van der Waals surface area (Å²) >= 11 is 6.54. The first-order valence-corrected chi connectivity index (χ1v) is 12.2. The number of pyridine rings is 1. The maximum Gasteiger partial charge on any atom is 0.254 e. The van der Waals surface area contributed by atoms with E-state index in [1.54, 1.807) is 24.5 Å². The number of rotatable bonds is 7. The smallest absolute Gasteiger partial charge is 0.254 e. The van der Waals surface area contributed by atoms with Crippen molar-refractivity contribution in [2.45, 2.75) is 12.8 Å². The molecule has 1 amide bonds. The number of ether oxygens (including phenoxy) is 1. The Labute approximate surface area is 214 Å². The molecule has 0 atom stereocenters. The van der Waals surface area contributed by atoms with Crippen LogP contribution in [0.1, 0.15) is 28.1 Å². The number of aryl methyl sites for hydroxylation is 1. The highest BCUT2D eigenvalue weighted by Crippen LogP contribution is 2.33. The van der Waals surface area contributed by atoms with Gasteiger partial charge >= 0.3 is 0 Å². The number of aromatic nitrogens is 1. The maximum atomic E-state index is 12.7. The molecule has 36 heavy (non-hydrogen) atoms. The van der Waals surface area contributed by atoms with Crippen molar-refractivity contribution < 1.29 is 18.7 Å². The molecule has 0 N–H and O–H groups in total. The van der Waals surface area contributed by atoms with E-state index in [1.807, 2.05) is 59.5 Å². The summed E-state index contributed by atoms with van der Waals surface area (Å²) in [6, 6.07) is 17.0. The van der Waals surface area contributed by atoms with Crippen LogP contribution in [0.3, 0.4) is 0 Å². The number of carbonyl (C=O) groups is 2. The monoisotopic (exact) mass is 500 g/mol. The Morgan fingerprint density at radius 2 is 1.72 bits per heavy atom. The van der Waals surface area contributed by atoms with E-state index in [-0.39, 0.29) is 11.7 Å². The molecular formula is C29H25ClN2O4. The van der Waals surface area contributed by atoms with E-state index >= 15 is 0 Å². The zero-order valence-electron chi connectivity index (χ0n) is 19.7. The van der Waals surface area contributed by atoms with Gasteiger partial charge in [-0.25, -0.2) is 0 Å². The van der Waals surface area contributed by atoms with Crippen LogP contribution in [0, 0.1) is 0 Å². The molecule has 0 saturated carbocycles. The van der Waals surface area contributed by atoms with Gasteiger partial charge in [0.15, 0.2) is 11.4 Å². The number of benzene rings is 2. The Morgan fingerprint density at radius 3 is 2.47 bits per heavy atom. The predicted octanol–water partition coefficient (Wildman–Crippen LogP) is 5.84. The fourth-order valence-electron chi connectivity index (χ4n) is 4.20. The summed E-state index contributed by atoms with van der Waals surface area (Å²) in [6.45, 7) is 2.38. The minimum Gasteiger partial charge on any atom is -0.459 e. The molecule has 0 radical (unpaired) electrons. The van der Waals surface area contributed by atoms with Crippen molar-refractivity contribution >= 4 is 40.3 Å². The van der Waals surface area contributed by atoms with E-state index in [0.717, 1.165) is 22.1 Å². The molecule has 2 aromatic heterocycles. The summed E-state index contributed by atoms with van der Waals surface area (Å²) in [4.78, 5) is 30.8. The zero-order valence-corrected chi connectivity index (χ0v) is 20.4. The Balaban J connectivity index is 1.27. The lowest BCUT2D eigenvalue weighted by Gasteiger charge is -2.26. The lowest BCUT2D eigenvalue weighted by atomic mass is 10.0. The van der Waals surface area contributed by atoms with Crippen LogP contribution in [-0.4, -0.2) is 47.9 Å². The Kier molecular flexibility index (Phi) is 7.26. The highest BCUT2D eigenvalue weighted by Gasteiger charge is 2.18. The van der Waals surface area contributed by atoms with Crippen LogP contribution >= 0.6 is 11.6 Å². The van der Waals surface area contributed by atoms with E-state index in [4.69, 9.17) is 20.8 Å². The lowest BCUT2D eigenvalue weighted by Crippen LogP contribution is -2.40. The number of nitrogens with zero attached hydrogens (tertiary/aromatic N) is 2. The van der Waals surface area contributed by atoms with Crippen molar-refractivity contribution in [1.82, 2.24) is 9.88 Å². The SMILES string of the molecule is O=C(/C=C/c1ccncc1)CCc1cc2cc(-c3ccc(C(=O)N4CCOCC4)cc3)cc(Cl)c2o1. The summed E-state index contributed by atoms with van der Waals surface area (Å²) < 4.78 is 11.3. The van der Waals surface area contributed by atoms with Crippen LogP contribution in [0.15, 0.2) is 77.5 Å². The number of halogens is 1. The van der Waals surface area contributed by atoms with Gasteiger partial charge in [-0.3, -0.25) is 14.6 Å². The molecule has 6 nitrogen and oxygen atoms in total. The van der Waals surface area contributed by atoms with Crippen LogP contribution in [0.5, 0.6) is 0 Å². The summed E-state index contributed by atoms with van der Waals surface area (Å²) in [5.41, 5.74) is 4.08. The highest BCUT2D eigenvalue weighted by molar-refractivity contribution is 6.35. The van der Waals surface area contributed by atoms with Crippen LogP contribution in [0.4, 0.5) is 0 Å². The molecule has 0 spiro atoms. The van der Waals surface area contributed by atoms with E-state index < -0.39 is 0 Å². The number of hydrogen-bond donors (Lipinski definition) is 0. The molecule has 7 heteroatoms. The molecule has 1 aliphatic heterocycles. The average Bonchev–Trinajstić information content (AvgIpc) is 3.35. The first kappa shape index (κ1) is 24.0. The van der Waals surface area contributed by atoms with Gasteiger partial charge in [0.2, 0.25) is 0 Å². The third-order valence-electron chi connectivity index (χ3n) is 6.17. The fourth-order valence-corrected chi connectivity index (χ4v) is 4.47. The maximum absolute atomic E-state index is 12.7. The van der Waals surface area contributed by atoms with Gasteiger partial charge in [0, 0.05) is 49.3 Å². The molecule has 0 bridgehead atoms. The molecule has 0 aliphatic carbocycles. The number of furan rings is 1. The predicted molar refractivity (Wildman–Crippen MR) is 140 cm³/mol.